The van der Waals surface area contributed by atoms with Gasteiger partial charge in [0.15, 0.2) is 0 Å². The molecule has 6 heteroatoms. The molecule has 1 aliphatic rings. The van der Waals surface area contributed by atoms with Crippen LogP contribution in [0.15, 0.2) is 48.8 Å². The number of aromatic nitrogens is 2. The zero-order valence-electron chi connectivity index (χ0n) is 14.9. The van der Waals surface area contributed by atoms with Crippen molar-refractivity contribution < 1.29 is 14.3 Å². The van der Waals surface area contributed by atoms with Crippen LogP contribution in [0.25, 0.3) is 11.8 Å². The van der Waals surface area contributed by atoms with Crippen LogP contribution in [-0.2, 0) is 14.3 Å². The predicted octanol–water partition coefficient (Wildman–Crippen LogP) is 2.88. The fourth-order valence-electron chi connectivity index (χ4n) is 3.32. The first-order chi connectivity index (χ1) is 12.6. The Morgan fingerprint density at radius 1 is 1.19 bits per heavy atom. The van der Waals surface area contributed by atoms with E-state index in [-0.39, 0.29) is 11.9 Å². The smallest absolute Gasteiger partial charge is 0.331 e. The van der Waals surface area contributed by atoms with E-state index in [1.807, 2.05) is 36.5 Å². The van der Waals surface area contributed by atoms with Crippen LogP contribution in [0.2, 0.25) is 0 Å². The molecule has 0 spiro atoms. The number of amides is 1. The molecule has 136 valence electrons. The van der Waals surface area contributed by atoms with Crippen LogP contribution in [0.3, 0.4) is 0 Å². The van der Waals surface area contributed by atoms with Gasteiger partial charge in [0.2, 0.25) is 5.91 Å². The summed E-state index contributed by atoms with van der Waals surface area (Å²) in [5, 5.41) is 7.16. The van der Waals surface area contributed by atoms with E-state index in [2.05, 4.69) is 10.4 Å². The molecule has 0 aliphatic heterocycles. The number of rotatable bonds is 5. The van der Waals surface area contributed by atoms with Gasteiger partial charge >= 0.3 is 5.97 Å². The molecule has 1 aromatic heterocycles. The molecule has 2 aromatic rings. The lowest BCUT2D eigenvalue weighted by atomic mass is 9.81. The number of nitrogens with one attached hydrogen (secondary N) is 1. The third-order valence-corrected chi connectivity index (χ3v) is 4.70. The fourth-order valence-corrected chi connectivity index (χ4v) is 3.32. The van der Waals surface area contributed by atoms with Gasteiger partial charge < -0.3 is 10.1 Å². The molecule has 1 aliphatic carbocycles. The van der Waals surface area contributed by atoms with Crippen molar-refractivity contribution in [3.8, 4) is 5.69 Å². The van der Waals surface area contributed by atoms with Crippen molar-refractivity contribution in [3.63, 3.8) is 0 Å². The van der Waals surface area contributed by atoms with E-state index < -0.39 is 5.54 Å². The Bertz CT molecular complexity index is 790. The summed E-state index contributed by atoms with van der Waals surface area (Å²) in [4.78, 5) is 24.5. The van der Waals surface area contributed by atoms with Crippen LogP contribution in [0.4, 0.5) is 0 Å². The van der Waals surface area contributed by atoms with Crippen molar-refractivity contribution in [1.29, 1.82) is 0 Å². The van der Waals surface area contributed by atoms with Crippen LogP contribution < -0.4 is 5.32 Å². The van der Waals surface area contributed by atoms with E-state index in [0.29, 0.717) is 12.8 Å². The average molecular weight is 353 g/mol. The molecule has 1 aromatic carbocycles. The molecular weight excluding hydrogens is 330 g/mol. The Balaban J connectivity index is 1.67. The molecule has 0 saturated heterocycles. The number of esters is 1. The lowest BCUT2D eigenvalue weighted by Crippen LogP contribution is -2.55. The number of hydrogen-bond acceptors (Lipinski definition) is 4. The second-order valence-corrected chi connectivity index (χ2v) is 6.51. The van der Waals surface area contributed by atoms with Gasteiger partial charge in [-0.1, -0.05) is 37.5 Å². The maximum atomic E-state index is 12.4. The van der Waals surface area contributed by atoms with E-state index in [4.69, 9.17) is 4.74 Å². The second kappa shape index (κ2) is 7.99. The fraction of sp³-hybridized carbons (Fsp3) is 0.350. The van der Waals surface area contributed by atoms with E-state index in [1.54, 1.807) is 17.0 Å². The number of ether oxygens (including phenoxy) is 1. The van der Waals surface area contributed by atoms with Crippen LogP contribution in [0.1, 0.15) is 37.7 Å². The van der Waals surface area contributed by atoms with E-state index in [0.717, 1.165) is 30.5 Å². The van der Waals surface area contributed by atoms with Crippen molar-refractivity contribution in [1.82, 2.24) is 15.1 Å². The third kappa shape index (κ3) is 4.02. The molecule has 1 fully saturated rings. The molecule has 0 radical (unpaired) electrons. The third-order valence-electron chi connectivity index (χ3n) is 4.70. The highest BCUT2D eigenvalue weighted by molar-refractivity contribution is 5.96. The van der Waals surface area contributed by atoms with Gasteiger partial charge in [0.1, 0.15) is 5.54 Å². The topological polar surface area (TPSA) is 73.2 Å². The summed E-state index contributed by atoms with van der Waals surface area (Å²) in [5.74, 6) is -0.666. The largest absolute Gasteiger partial charge is 0.467 e. The first-order valence-electron chi connectivity index (χ1n) is 8.82. The maximum absolute atomic E-state index is 12.4. The second-order valence-electron chi connectivity index (χ2n) is 6.51. The molecule has 1 saturated carbocycles. The van der Waals surface area contributed by atoms with Crippen molar-refractivity contribution >= 4 is 18.0 Å². The van der Waals surface area contributed by atoms with Crippen molar-refractivity contribution in [2.24, 2.45) is 0 Å². The summed E-state index contributed by atoms with van der Waals surface area (Å²) >= 11 is 0. The minimum Gasteiger partial charge on any atom is -0.467 e. The standard InChI is InChI=1S/C20H23N3O3/c1-26-19(25)20(12-6-3-7-13-20)22-18(24)11-10-16-14-21-23(15-16)17-8-4-2-5-9-17/h2,4-5,8-11,14-15H,3,6-7,12-13H2,1H3,(H,22,24)/b11-10+. The molecule has 6 nitrogen and oxygen atoms in total. The molecule has 1 N–H and O–H groups in total. The Hall–Kier alpha value is -2.89. The van der Waals surface area contributed by atoms with Crippen LogP contribution in [-0.4, -0.2) is 34.3 Å². The number of hydrogen-bond donors (Lipinski definition) is 1. The quantitative estimate of drug-likeness (QED) is 0.663. The molecule has 26 heavy (non-hydrogen) atoms. The van der Waals surface area contributed by atoms with Crippen LogP contribution in [0, 0.1) is 0 Å². The number of carbonyl (C=O) groups excluding carboxylic acids is 2. The van der Waals surface area contributed by atoms with Gasteiger partial charge in [-0.05, 0) is 31.1 Å². The zero-order chi connectivity index (χ0) is 18.4. The SMILES string of the molecule is COC(=O)C1(NC(=O)/C=C/c2cnn(-c3ccccc3)c2)CCCCC1. The lowest BCUT2D eigenvalue weighted by Gasteiger charge is -2.34. The molecule has 0 atom stereocenters. The average Bonchev–Trinajstić information content (AvgIpc) is 3.16. The summed E-state index contributed by atoms with van der Waals surface area (Å²) in [7, 11) is 1.36. The maximum Gasteiger partial charge on any atom is 0.331 e. The summed E-state index contributed by atoms with van der Waals surface area (Å²) < 4.78 is 6.66. The molecule has 0 unspecified atom stereocenters. The van der Waals surface area contributed by atoms with E-state index >= 15 is 0 Å². The summed E-state index contributed by atoms with van der Waals surface area (Å²) in [5.41, 5.74) is 0.853. The Kier molecular flexibility index (Phi) is 5.51. The van der Waals surface area contributed by atoms with E-state index in [9.17, 15) is 9.59 Å². The molecule has 0 bridgehead atoms. The Morgan fingerprint density at radius 2 is 1.92 bits per heavy atom. The normalized spacial score (nSPS) is 16.3. The molecule has 1 amide bonds. The van der Waals surface area contributed by atoms with E-state index in [1.165, 1.54) is 13.2 Å². The van der Waals surface area contributed by atoms with Gasteiger partial charge in [-0.2, -0.15) is 5.10 Å². The first kappa shape index (κ1) is 17.9. The number of methoxy groups -OCH3 is 1. The van der Waals surface area contributed by atoms with Crippen LogP contribution >= 0.6 is 0 Å². The number of carbonyl (C=O) groups is 2. The first-order valence-corrected chi connectivity index (χ1v) is 8.82. The monoisotopic (exact) mass is 353 g/mol. The minimum absolute atomic E-state index is 0.301. The summed E-state index contributed by atoms with van der Waals surface area (Å²) in [6, 6.07) is 9.74. The van der Waals surface area contributed by atoms with Gasteiger partial charge in [0.05, 0.1) is 19.0 Å². The van der Waals surface area contributed by atoms with Gasteiger partial charge in [-0.15, -0.1) is 0 Å². The predicted molar refractivity (Wildman–Crippen MR) is 98.6 cm³/mol. The van der Waals surface area contributed by atoms with Crippen molar-refractivity contribution in [2.45, 2.75) is 37.6 Å². The van der Waals surface area contributed by atoms with Crippen LogP contribution in [0.5, 0.6) is 0 Å². The number of benzene rings is 1. The van der Waals surface area contributed by atoms with Gasteiger partial charge in [-0.3, -0.25) is 4.79 Å². The van der Waals surface area contributed by atoms with Gasteiger partial charge in [0.25, 0.3) is 0 Å². The highest BCUT2D eigenvalue weighted by Crippen LogP contribution is 2.29. The highest BCUT2D eigenvalue weighted by atomic mass is 16.5. The van der Waals surface area contributed by atoms with Gasteiger partial charge in [0, 0.05) is 17.8 Å². The Morgan fingerprint density at radius 3 is 2.62 bits per heavy atom. The van der Waals surface area contributed by atoms with Gasteiger partial charge in [-0.25, -0.2) is 9.48 Å². The minimum atomic E-state index is -0.900. The molecule has 3 rings (SSSR count). The van der Waals surface area contributed by atoms with Crippen molar-refractivity contribution in [3.05, 3.63) is 54.4 Å². The van der Waals surface area contributed by atoms with Crippen molar-refractivity contribution in [2.75, 3.05) is 7.11 Å². The Labute approximate surface area is 152 Å². The highest BCUT2D eigenvalue weighted by Gasteiger charge is 2.41. The number of para-hydroxylation sites is 1. The zero-order valence-corrected chi connectivity index (χ0v) is 14.9. The summed E-state index contributed by atoms with van der Waals surface area (Å²) in [6.45, 7) is 0. The summed E-state index contributed by atoms with van der Waals surface area (Å²) in [6.07, 6.45) is 10.8. The molecule has 1 heterocycles. The molecular formula is C20H23N3O3. The number of nitrogens with zero attached hydrogens (tertiary/aromatic N) is 2. The lowest BCUT2D eigenvalue weighted by molar-refractivity contribution is -0.152.